The average molecular weight is 738 g/mol. The van der Waals surface area contributed by atoms with Gasteiger partial charge in [0, 0.05) is 0 Å². The van der Waals surface area contributed by atoms with Gasteiger partial charge in [-0.25, -0.2) is 0 Å². The first-order valence-electron chi connectivity index (χ1n) is 34.5. The maximum Gasteiger partial charge on any atom is 0.0636 e. The summed E-state index contributed by atoms with van der Waals surface area (Å²) < 4.78 is 329. The molecule has 9 rings (SSSR count). The van der Waals surface area contributed by atoms with Gasteiger partial charge in [-0.15, -0.1) is 0 Å². The minimum Gasteiger partial charge on any atom is -0.0622 e. The highest BCUT2D eigenvalue weighted by Crippen LogP contribution is 2.34. The lowest BCUT2D eigenvalue weighted by molar-refractivity contribution is 1.47. The standard InChI is InChI=1S/C55H40/c1-39-19-21-41(22-20-39)43-25-29-45(30-26-43)49-12-6-16-53(36-49)55-18-8-14-51(38-55)47-33-31-46(32-34-47)50-13-7-17-54(37-50)52-15-5-11-48(35-52)44-27-23-42(24-28-44)40-9-3-2-4-10-40/h2-38H,1H3/i2D,3D,4D,5D,6D,7D,8D,9D,10D,11D,12D,13D,14D,15D,16D,17D,18D,19D,20D,21D,22D,23D,24D,25D,26D,27D,28D,29D,30D,31D,32D,33D,34D,35D,36D,37D,38D. The molecule has 0 atom stereocenters. The van der Waals surface area contributed by atoms with E-state index in [2.05, 4.69) is 0 Å². The van der Waals surface area contributed by atoms with Gasteiger partial charge in [-0.1, -0.05) is 205 Å². The van der Waals surface area contributed by atoms with E-state index in [4.69, 9.17) is 39.8 Å². The van der Waals surface area contributed by atoms with Crippen LogP contribution in [-0.2, 0) is 0 Å². The van der Waals surface area contributed by atoms with Crippen molar-refractivity contribution in [3.05, 3.63) is 229 Å². The SMILES string of the molecule is [2H]c1c([2H])c([2H])c(-c2c([2H])c([2H])c(-c3c([2H])c([2H])c([2H])c(-c4c([2H])c([2H])c([2H])c(-c5c([2H])c([2H])c(-c6c([2H])c([2H])c([2H])c(-c7c([2H])c([2H])c([2H])c(-c8c([2H])c([2H])c(-c9c([2H])c([2H])c(C)c([2H])c9[2H])c([2H])c8[2H])c7[2H])c6[2H])c([2H])c5[2H])c4[2H])c3[2H])c([2H])c2[2H])c([2H])c1[2H]. The predicted octanol–water partition coefficient (Wildman–Crippen LogP) is 15.3. The van der Waals surface area contributed by atoms with E-state index < -0.39 is 313 Å². The molecular weight excluding hydrogens is 661 g/mol. The van der Waals surface area contributed by atoms with Crippen LogP contribution in [0.1, 0.15) is 56.3 Å². The van der Waals surface area contributed by atoms with Crippen LogP contribution < -0.4 is 0 Å². The first-order valence-corrected chi connectivity index (χ1v) is 16.0. The van der Waals surface area contributed by atoms with Crippen molar-refractivity contribution < 1.29 is 50.7 Å². The molecular formula is C55H40. The van der Waals surface area contributed by atoms with Crippen molar-refractivity contribution >= 4 is 0 Å². The zero-order chi connectivity index (χ0) is 69.2. The van der Waals surface area contributed by atoms with Gasteiger partial charge in [-0.05, 0) is 120 Å². The molecule has 0 saturated carbocycles. The minimum absolute atomic E-state index is 0.102. The molecule has 0 aromatic heterocycles. The Morgan fingerprint density at radius 1 is 0.200 bits per heavy atom. The Morgan fingerprint density at radius 2 is 0.382 bits per heavy atom. The molecule has 0 nitrogen and oxygen atoms in total. The fourth-order valence-electron chi connectivity index (χ4n) is 4.94. The molecule has 0 N–H and O–H groups in total. The van der Waals surface area contributed by atoms with E-state index in [0.29, 0.717) is 0 Å². The monoisotopic (exact) mass is 738 g/mol. The van der Waals surface area contributed by atoms with Crippen molar-refractivity contribution in [1.29, 1.82) is 0 Å². The first-order chi connectivity index (χ1) is 42.6. The third-order valence-electron chi connectivity index (χ3n) is 7.62. The molecule has 9 aromatic rings. The van der Waals surface area contributed by atoms with Crippen LogP contribution >= 0.6 is 0 Å². The number of hydrogen-bond donors (Lipinski definition) is 0. The molecule has 0 saturated heterocycles. The van der Waals surface area contributed by atoms with E-state index in [1.165, 1.54) is 6.92 Å². The van der Waals surface area contributed by atoms with Crippen LogP contribution in [0.4, 0.5) is 0 Å². The van der Waals surface area contributed by atoms with E-state index in [0.717, 1.165) is 0 Å². The van der Waals surface area contributed by atoms with Crippen molar-refractivity contribution in [1.82, 2.24) is 0 Å². The molecule has 0 amide bonds. The van der Waals surface area contributed by atoms with E-state index >= 15 is 0 Å². The van der Waals surface area contributed by atoms with Crippen LogP contribution in [0.5, 0.6) is 0 Å². The summed E-state index contributed by atoms with van der Waals surface area (Å²) >= 11 is 0. The van der Waals surface area contributed by atoms with E-state index in [9.17, 15) is 11.0 Å². The van der Waals surface area contributed by atoms with Crippen LogP contribution in [0.3, 0.4) is 0 Å². The van der Waals surface area contributed by atoms with Crippen LogP contribution in [0.2, 0.25) is 0 Å². The van der Waals surface area contributed by atoms with Crippen molar-refractivity contribution in [2.75, 3.05) is 0 Å². The summed E-state index contributed by atoms with van der Waals surface area (Å²) in [7, 11) is 0. The Morgan fingerprint density at radius 3 is 0.655 bits per heavy atom. The molecule has 0 spiro atoms. The van der Waals surface area contributed by atoms with Crippen molar-refractivity contribution in [3.63, 3.8) is 0 Å². The lowest BCUT2D eigenvalue weighted by Gasteiger charge is -2.11. The molecule has 0 unspecified atom stereocenters. The summed E-state index contributed by atoms with van der Waals surface area (Å²) in [5.41, 5.74) is -14.8. The topological polar surface area (TPSA) is 0 Å². The number of rotatable bonds is 8. The zero-order valence-corrected chi connectivity index (χ0v) is 28.0. The third kappa shape index (κ3) is 7.45. The fourth-order valence-corrected chi connectivity index (χ4v) is 4.94. The second-order valence-corrected chi connectivity index (χ2v) is 11.2. The molecule has 0 aliphatic carbocycles. The quantitative estimate of drug-likeness (QED) is 0.146. The Bertz CT molecular complexity index is 4440. The largest absolute Gasteiger partial charge is 0.0636 e. The number of benzene rings is 9. The van der Waals surface area contributed by atoms with Gasteiger partial charge in [-0.2, -0.15) is 0 Å². The number of hydrogen-bond acceptors (Lipinski definition) is 0. The molecule has 0 aliphatic rings. The fraction of sp³-hybridized carbons (Fsp3) is 0.0182. The van der Waals surface area contributed by atoms with Gasteiger partial charge in [0.2, 0.25) is 0 Å². The molecule has 260 valence electrons. The van der Waals surface area contributed by atoms with Crippen LogP contribution in [0.15, 0.2) is 224 Å². The molecule has 0 bridgehead atoms. The Kier molecular flexibility index (Phi) is 3.37. The highest BCUT2D eigenvalue weighted by molar-refractivity contribution is 5.81. The van der Waals surface area contributed by atoms with Gasteiger partial charge >= 0.3 is 0 Å². The Hall–Kier alpha value is -7.02. The lowest BCUT2D eigenvalue weighted by atomic mass is 9.94. The minimum atomic E-state index is -1.24. The Balaban J connectivity index is 1.27. The zero-order valence-electron chi connectivity index (χ0n) is 65.0. The summed E-state index contributed by atoms with van der Waals surface area (Å²) in [5, 5.41) is 0. The maximum atomic E-state index is 9.51. The van der Waals surface area contributed by atoms with Gasteiger partial charge in [0.25, 0.3) is 0 Å². The van der Waals surface area contributed by atoms with Gasteiger partial charge in [-0.3, -0.25) is 0 Å². The van der Waals surface area contributed by atoms with Crippen molar-refractivity contribution in [2.24, 2.45) is 0 Å². The van der Waals surface area contributed by atoms with Gasteiger partial charge in [0.15, 0.2) is 0 Å². The maximum absolute atomic E-state index is 9.51. The second-order valence-electron chi connectivity index (χ2n) is 11.2. The molecule has 55 heavy (non-hydrogen) atoms. The lowest BCUT2D eigenvalue weighted by Crippen LogP contribution is -1.85. The normalized spacial score (nSPS) is 20.4. The second kappa shape index (κ2) is 15.1. The van der Waals surface area contributed by atoms with Gasteiger partial charge in [0.05, 0.1) is 50.7 Å². The van der Waals surface area contributed by atoms with Crippen LogP contribution in [-0.4, -0.2) is 0 Å². The summed E-state index contributed by atoms with van der Waals surface area (Å²) in [6, 6.07) is -38.8. The van der Waals surface area contributed by atoms with E-state index in [-0.39, 0.29) is 5.56 Å². The molecule has 9 aromatic carbocycles. The van der Waals surface area contributed by atoms with Crippen LogP contribution in [0.25, 0.3) is 89.0 Å². The average Bonchev–Trinajstić information content (AvgIpc) is 0.732. The smallest absolute Gasteiger partial charge is 0.0622 e. The van der Waals surface area contributed by atoms with Gasteiger partial charge in [0.1, 0.15) is 0 Å². The van der Waals surface area contributed by atoms with E-state index in [1.54, 1.807) is 0 Å². The first kappa shape index (κ1) is 12.2. The highest BCUT2D eigenvalue weighted by atomic mass is 14.1. The van der Waals surface area contributed by atoms with Gasteiger partial charge < -0.3 is 0 Å². The van der Waals surface area contributed by atoms with Crippen LogP contribution in [0, 0.1) is 6.92 Å². The molecule has 0 fully saturated rings. The third-order valence-corrected chi connectivity index (χ3v) is 7.62. The molecule has 0 heteroatoms. The van der Waals surface area contributed by atoms with Crippen molar-refractivity contribution in [2.45, 2.75) is 6.92 Å². The summed E-state index contributed by atoms with van der Waals surface area (Å²) in [6.07, 6.45) is 0. The van der Waals surface area contributed by atoms with Crippen molar-refractivity contribution in [3.8, 4) is 89.0 Å². The molecule has 0 radical (unpaired) electrons. The summed E-state index contributed by atoms with van der Waals surface area (Å²) in [5.74, 6) is 0. The Labute approximate surface area is 376 Å². The van der Waals surface area contributed by atoms with E-state index in [1.807, 2.05) is 0 Å². The summed E-state index contributed by atoms with van der Waals surface area (Å²) in [4.78, 5) is 0. The predicted molar refractivity (Wildman–Crippen MR) is 235 cm³/mol. The highest BCUT2D eigenvalue weighted by Gasteiger charge is 2.08. The molecule has 0 heterocycles. The molecule has 0 aliphatic heterocycles. The summed E-state index contributed by atoms with van der Waals surface area (Å²) in [6.45, 7) is 1.28.